The van der Waals surface area contributed by atoms with Crippen LogP contribution in [0.15, 0.2) is 39.4 Å². The summed E-state index contributed by atoms with van der Waals surface area (Å²) < 4.78 is 31.4. The Balaban J connectivity index is 2.12. The zero-order valence-electron chi connectivity index (χ0n) is 9.12. The molecule has 0 unspecified atom stereocenters. The molecule has 0 aromatic carbocycles. The SMILES string of the molecule is NC(=S)c1ccc(S(=O)(=O)NCc2ccoc2)s1. The second-order valence-corrected chi connectivity index (χ2v) is 6.96. The fraction of sp³-hybridized carbons (Fsp3) is 0.100. The van der Waals surface area contributed by atoms with Crippen molar-refractivity contribution in [2.75, 3.05) is 0 Å². The van der Waals surface area contributed by atoms with E-state index in [1.165, 1.54) is 18.6 Å². The molecule has 0 bridgehead atoms. The molecule has 2 aromatic rings. The summed E-state index contributed by atoms with van der Waals surface area (Å²) in [6, 6.07) is 4.77. The zero-order chi connectivity index (χ0) is 13.2. The highest BCUT2D eigenvalue weighted by atomic mass is 32.2. The van der Waals surface area contributed by atoms with E-state index in [2.05, 4.69) is 4.72 Å². The highest BCUT2D eigenvalue weighted by molar-refractivity contribution is 7.91. The van der Waals surface area contributed by atoms with Gasteiger partial charge < -0.3 is 10.2 Å². The van der Waals surface area contributed by atoms with Gasteiger partial charge in [0, 0.05) is 12.1 Å². The lowest BCUT2D eigenvalue weighted by molar-refractivity contribution is 0.561. The molecule has 2 heterocycles. The Morgan fingerprint density at radius 1 is 1.44 bits per heavy atom. The molecule has 5 nitrogen and oxygen atoms in total. The van der Waals surface area contributed by atoms with E-state index in [0.717, 1.165) is 16.9 Å². The zero-order valence-corrected chi connectivity index (χ0v) is 11.6. The standard InChI is InChI=1S/C10H10N2O3S3/c11-10(16)8-1-2-9(17-8)18(13,14)12-5-7-3-4-15-6-7/h1-4,6,12H,5H2,(H2,11,16). The van der Waals surface area contributed by atoms with Gasteiger partial charge in [-0.25, -0.2) is 13.1 Å². The van der Waals surface area contributed by atoms with Crippen LogP contribution < -0.4 is 10.5 Å². The molecule has 96 valence electrons. The Labute approximate surface area is 114 Å². The maximum absolute atomic E-state index is 11.9. The van der Waals surface area contributed by atoms with Gasteiger partial charge in [0.25, 0.3) is 0 Å². The molecule has 2 aromatic heterocycles. The second-order valence-electron chi connectivity index (χ2n) is 3.44. The molecular formula is C10H10N2O3S3. The van der Waals surface area contributed by atoms with Crippen molar-refractivity contribution in [2.24, 2.45) is 5.73 Å². The lowest BCUT2D eigenvalue weighted by Gasteiger charge is -2.02. The van der Waals surface area contributed by atoms with Gasteiger partial charge in [0.05, 0.1) is 17.4 Å². The van der Waals surface area contributed by atoms with Crippen LogP contribution >= 0.6 is 23.6 Å². The predicted molar refractivity (Wildman–Crippen MR) is 72.9 cm³/mol. The van der Waals surface area contributed by atoms with E-state index >= 15 is 0 Å². The summed E-state index contributed by atoms with van der Waals surface area (Å²) in [5, 5.41) is 0. The van der Waals surface area contributed by atoms with Crippen LogP contribution in [-0.2, 0) is 16.6 Å². The summed E-state index contributed by atoms with van der Waals surface area (Å²) in [4.78, 5) is 0.768. The Bertz CT molecular complexity index is 644. The third-order valence-corrected chi connectivity index (χ3v) is 5.50. The Kier molecular flexibility index (Phi) is 3.81. The molecule has 18 heavy (non-hydrogen) atoms. The summed E-state index contributed by atoms with van der Waals surface area (Å²) in [5.74, 6) is 0. The molecule has 0 saturated heterocycles. The van der Waals surface area contributed by atoms with Crippen molar-refractivity contribution in [3.63, 3.8) is 0 Å². The summed E-state index contributed by atoms with van der Waals surface area (Å²) in [7, 11) is -3.54. The number of rotatable bonds is 5. The van der Waals surface area contributed by atoms with Crippen LogP contribution in [0, 0.1) is 0 Å². The smallest absolute Gasteiger partial charge is 0.250 e. The molecule has 0 aliphatic carbocycles. The van der Waals surface area contributed by atoms with Crippen molar-refractivity contribution in [1.29, 1.82) is 0 Å². The van der Waals surface area contributed by atoms with Gasteiger partial charge in [-0.15, -0.1) is 11.3 Å². The molecule has 0 aliphatic rings. The first-order valence-electron chi connectivity index (χ1n) is 4.89. The molecule has 3 N–H and O–H groups in total. The maximum atomic E-state index is 11.9. The minimum atomic E-state index is -3.54. The molecule has 0 fully saturated rings. The lowest BCUT2D eigenvalue weighted by Crippen LogP contribution is -2.22. The molecule has 0 spiro atoms. The van der Waals surface area contributed by atoms with Gasteiger partial charge in [-0.1, -0.05) is 12.2 Å². The number of hydrogen-bond donors (Lipinski definition) is 2. The van der Waals surface area contributed by atoms with Gasteiger partial charge in [0.15, 0.2) is 0 Å². The lowest BCUT2D eigenvalue weighted by atomic mass is 10.4. The van der Waals surface area contributed by atoms with Gasteiger partial charge >= 0.3 is 0 Å². The van der Waals surface area contributed by atoms with Crippen molar-refractivity contribution in [3.05, 3.63) is 41.2 Å². The molecule has 0 aliphatic heterocycles. The second kappa shape index (κ2) is 5.19. The topological polar surface area (TPSA) is 85.3 Å². The molecule has 0 amide bonds. The van der Waals surface area contributed by atoms with E-state index in [0.29, 0.717) is 4.88 Å². The molecule has 2 rings (SSSR count). The van der Waals surface area contributed by atoms with Gasteiger partial charge in [-0.05, 0) is 18.2 Å². The van der Waals surface area contributed by atoms with Crippen LogP contribution in [0.25, 0.3) is 0 Å². The van der Waals surface area contributed by atoms with E-state index < -0.39 is 10.0 Å². The number of nitrogens with two attached hydrogens (primary N) is 1. The third kappa shape index (κ3) is 2.96. The van der Waals surface area contributed by atoms with Gasteiger partial charge in [-0.3, -0.25) is 0 Å². The Hall–Kier alpha value is -1.22. The van der Waals surface area contributed by atoms with Gasteiger partial charge in [-0.2, -0.15) is 0 Å². The van der Waals surface area contributed by atoms with Crippen molar-refractivity contribution >= 4 is 38.6 Å². The molecule has 0 saturated carbocycles. The third-order valence-electron chi connectivity index (χ3n) is 2.14. The van der Waals surface area contributed by atoms with E-state index in [-0.39, 0.29) is 15.7 Å². The summed E-state index contributed by atoms with van der Waals surface area (Å²) >= 11 is 5.83. The van der Waals surface area contributed by atoms with E-state index in [9.17, 15) is 8.42 Å². The van der Waals surface area contributed by atoms with Crippen molar-refractivity contribution in [3.8, 4) is 0 Å². The first-order chi connectivity index (χ1) is 8.49. The molecule has 8 heteroatoms. The Morgan fingerprint density at radius 3 is 2.78 bits per heavy atom. The largest absolute Gasteiger partial charge is 0.472 e. The highest BCUT2D eigenvalue weighted by Gasteiger charge is 2.17. The number of sulfonamides is 1. The number of nitrogens with one attached hydrogen (secondary N) is 1. The predicted octanol–water partition coefficient (Wildman–Crippen LogP) is 1.45. The molecular weight excluding hydrogens is 292 g/mol. The molecule has 0 radical (unpaired) electrons. The number of furan rings is 1. The normalized spacial score (nSPS) is 11.6. The van der Waals surface area contributed by atoms with Crippen molar-refractivity contribution < 1.29 is 12.8 Å². The van der Waals surface area contributed by atoms with Crippen LogP contribution in [0.2, 0.25) is 0 Å². The first kappa shape index (κ1) is 13.2. The number of thiophene rings is 1. The van der Waals surface area contributed by atoms with Crippen molar-refractivity contribution in [1.82, 2.24) is 4.72 Å². The fourth-order valence-electron chi connectivity index (χ4n) is 1.24. The first-order valence-corrected chi connectivity index (χ1v) is 7.60. The molecule has 0 atom stereocenters. The quantitative estimate of drug-likeness (QED) is 0.817. The minimum absolute atomic E-state index is 0.180. The van der Waals surface area contributed by atoms with Crippen LogP contribution in [0.4, 0.5) is 0 Å². The summed E-state index contributed by atoms with van der Waals surface area (Å²) in [6.45, 7) is 0.180. The Morgan fingerprint density at radius 2 is 2.22 bits per heavy atom. The number of thiocarbonyl (C=S) groups is 1. The van der Waals surface area contributed by atoms with Gasteiger partial charge in [0.2, 0.25) is 10.0 Å². The summed E-state index contributed by atoms with van der Waals surface area (Å²) in [6.07, 6.45) is 2.97. The highest BCUT2D eigenvalue weighted by Crippen LogP contribution is 2.21. The number of hydrogen-bond acceptors (Lipinski definition) is 5. The average molecular weight is 302 g/mol. The maximum Gasteiger partial charge on any atom is 0.250 e. The monoisotopic (exact) mass is 302 g/mol. The fourth-order valence-corrected chi connectivity index (χ4v) is 3.65. The van der Waals surface area contributed by atoms with E-state index in [4.69, 9.17) is 22.4 Å². The van der Waals surface area contributed by atoms with Gasteiger partial charge in [0.1, 0.15) is 9.20 Å². The van der Waals surface area contributed by atoms with Crippen molar-refractivity contribution in [2.45, 2.75) is 10.8 Å². The minimum Gasteiger partial charge on any atom is -0.472 e. The van der Waals surface area contributed by atoms with Crippen LogP contribution in [0.3, 0.4) is 0 Å². The van der Waals surface area contributed by atoms with Crippen LogP contribution in [0.5, 0.6) is 0 Å². The summed E-state index contributed by atoms with van der Waals surface area (Å²) in [5.41, 5.74) is 6.19. The van der Waals surface area contributed by atoms with E-state index in [1.807, 2.05) is 0 Å². The van der Waals surface area contributed by atoms with Crippen LogP contribution in [0.1, 0.15) is 10.4 Å². The average Bonchev–Trinajstić information content (AvgIpc) is 2.98. The van der Waals surface area contributed by atoms with E-state index in [1.54, 1.807) is 12.1 Å². The van der Waals surface area contributed by atoms with Crippen LogP contribution in [-0.4, -0.2) is 13.4 Å².